The van der Waals surface area contributed by atoms with E-state index in [1.165, 1.54) is 30.6 Å². The fourth-order valence-electron chi connectivity index (χ4n) is 1.76. The van der Waals surface area contributed by atoms with Gasteiger partial charge in [-0.1, -0.05) is 29.8 Å². The predicted molar refractivity (Wildman–Crippen MR) is 59.2 cm³/mol. The largest absolute Gasteiger partial charge is 0.323 e. The second-order valence-electron chi connectivity index (χ2n) is 4.17. The van der Waals surface area contributed by atoms with Crippen molar-refractivity contribution in [3.05, 3.63) is 35.4 Å². The van der Waals surface area contributed by atoms with Gasteiger partial charge in [0.15, 0.2) is 0 Å². The highest BCUT2D eigenvalue weighted by atomic mass is 15.2. The van der Waals surface area contributed by atoms with Gasteiger partial charge in [-0.15, -0.1) is 0 Å². The van der Waals surface area contributed by atoms with Crippen molar-refractivity contribution in [2.24, 2.45) is 5.73 Å². The molecule has 0 radical (unpaired) electrons. The van der Waals surface area contributed by atoms with Gasteiger partial charge in [0, 0.05) is 12.6 Å². The van der Waals surface area contributed by atoms with Gasteiger partial charge in [-0.3, -0.25) is 0 Å². The zero-order valence-electron chi connectivity index (χ0n) is 8.74. The molecule has 1 unspecified atom stereocenters. The maximum absolute atomic E-state index is 6.11. The summed E-state index contributed by atoms with van der Waals surface area (Å²) >= 11 is 0. The van der Waals surface area contributed by atoms with Crippen molar-refractivity contribution in [1.82, 2.24) is 4.90 Å². The average molecular weight is 190 g/mol. The van der Waals surface area contributed by atoms with Gasteiger partial charge in [-0.25, -0.2) is 0 Å². The van der Waals surface area contributed by atoms with Gasteiger partial charge < -0.3 is 10.6 Å². The van der Waals surface area contributed by atoms with E-state index in [0.717, 1.165) is 6.54 Å². The lowest BCUT2D eigenvalue weighted by atomic mass is 10.0. The van der Waals surface area contributed by atoms with E-state index in [0.29, 0.717) is 0 Å². The Morgan fingerprint density at radius 1 is 1.29 bits per heavy atom. The van der Waals surface area contributed by atoms with Gasteiger partial charge in [0.05, 0.1) is 0 Å². The van der Waals surface area contributed by atoms with Gasteiger partial charge in [0.2, 0.25) is 0 Å². The van der Waals surface area contributed by atoms with Crippen LogP contribution in [0.15, 0.2) is 24.3 Å². The smallest absolute Gasteiger partial charge is 0.0424 e. The Morgan fingerprint density at radius 3 is 2.43 bits per heavy atom. The fourth-order valence-corrected chi connectivity index (χ4v) is 1.76. The lowest BCUT2D eigenvalue weighted by Crippen LogP contribution is -2.41. The Hall–Kier alpha value is -0.860. The summed E-state index contributed by atoms with van der Waals surface area (Å²) in [6, 6.07) is 8.71. The third-order valence-corrected chi connectivity index (χ3v) is 2.91. The zero-order chi connectivity index (χ0) is 9.97. The Bertz CT molecular complexity index is 288. The van der Waals surface area contributed by atoms with Crippen LogP contribution < -0.4 is 5.73 Å². The summed E-state index contributed by atoms with van der Waals surface area (Å²) in [5.74, 6) is 0. The van der Waals surface area contributed by atoms with Crippen LogP contribution in [0.2, 0.25) is 0 Å². The summed E-state index contributed by atoms with van der Waals surface area (Å²) in [5, 5.41) is 0. The van der Waals surface area contributed by atoms with Crippen molar-refractivity contribution >= 4 is 0 Å². The first-order valence-electron chi connectivity index (χ1n) is 5.30. The molecule has 1 heterocycles. The van der Waals surface area contributed by atoms with Crippen LogP contribution in [-0.2, 0) is 0 Å². The average Bonchev–Trinajstić information content (AvgIpc) is 2.12. The summed E-state index contributed by atoms with van der Waals surface area (Å²) in [4.78, 5) is 2.41. The molecule has 0 spiro atoms. The maximum Gasteiger partial charge on any atom is 0.0424 e. The Balaban J connectivity index is 1.95. The minimum absolute atomic E-state index is 0.177. The SMILES string of the molecule is Cc1ccc(C(N)CN2CCC2)cc1. The van der Waals surface area contributed by atoms with Crippen molar-refractivity contribution < 1.29 is 0 Å². The molecule has 0 bridgehead atoms. The monoisotopic (exact) mass is 190 g/mol. The highest BCUT2D eigenvalue weighted by Gasteiger charge is 2.17. The van der Waals surface area contributed by atoms with Gasteiger partial charge in [0.1, 0.15) is 0 Å². The topological polar surface area (TPSA) is 29.3 Å². The van der Waals surface area contributed by atoms with E-state index in [1.54, 1.807) is 0 Å². The molecule has 76 valence electrons. The van der Waals surface area contributed by atoms with Crippen LogP contribution in [0.4, 0.5) is 0 Å². The Labute approximate surface area is 85.7 Å². The molecule has 1 aromatic rings. The minimum Gasteiger partial charge on any atom is -0.323 e. The molecular weight excluding hydrogens is 172 g/mol. The lowest BCUT2D eigenvalue weighted by Gasteiger charge is -2.33. The zero-order valence-corrected chi connectivity index (χ0v) is 8.74. The van der Waals surface area contributed by atoms with E-state index >= 15 is 0 Å². The predicted octanol–water partition coefficient (Wildman–Crippen LogP) is 1.70. The minimum atomic E-state index is 0.177. The van der Waals surface area contributed by atoms with E-state index in [4.69, 9.17) is 5.73 Å². The van der Waals surface area contributed by atoms with Crippen LogP contribution in [0.3, 0.4) is 0 Å². The molecule has 2 heteroatoms. The molecule has 0 aliphatic carbocycles. The summed E-state index contributed by atoms with van der Waals surface area (Å²) in [5.41, 5.74) is 8.66. The fraction of sp³-hybridized carbons (Fsp3) is 0.500. The molecule has 1 aromatic carbocycles. The molecule has 2 N–H and O–H groups in total. The third-order valence-electron chi connectivity index (χ3n) is 2.91. The van der Waals surface area contributed by atoms with Crippen LogP contribution in [0.5, 0.6) is 0 Å². The summed E-state index contributed by atoms with van der Waals surface area (Å²) in [7, 11) is 0. The van der Waals surface area contributed by atoms with Crippen LogP contribution in [-0.4, -0.2) is 24.5 Å². The molecule has 0 aromatic heterocycles. The highest BCUT2D eigenvalue weighted by molar-refractivity contribution is 5.24. The second-order valence-corrected chi connectivity index (χ2v) is 4.17. The highest BCUT2D eigenvalue weighted by Crippen LogP contribution is 2.15. The normalized spacial score (nSPS) is 19.0. The van der Waals surface area contributed by atoms with Gasteiger partial charge >= 0.3 is 0 Å². The number of benzene rings is 1. The van der Waals surface area contributed by atoms with Crippen LogP contribution in [0.25, 0.3) is 0 Å². The molecule has 2 nitrogen and oxygen atoms in total. The number of hydrogen-bond acceptors (Lipinski definition) is 2. The molecule has 1 saturated heterocycles. The summed E-state index contributed by atoms with van der Waals surface area (Å²) in [6.07, 6.45) is 1.33. The molecule has 0 saturated carbocycles. The van der Waals surface area contributed by atoms with E-state index in [9.17, 15) is 0 Å². The molecule has 2 rings (SSSR count). The quantitative estimate of drug-likeness (QED) is 0.786. The third kappa shape index (κ3) is 2.14. The van der Waals surface area contributed by atoms with Crippen molar-refractivity contribution in [1.29, 1.82) is 0 Å². The molecule has 1 fully saturated rings. The number of hydrogen-bond donors (Lipinski definition) is 1. The van der Waals surface area contributed by atoms with Gasteiger partial charge in [0.25, 0.3) is 0 Å². The lowest BCUT2D eigenvalue weighted by molar-refractivity contribution is 0.170. The van der Waals surface area contributed by atoms with Gasteiger partial charge in [-0.2, -0.15) is 0 Å². The molecule has 1 aliphatic rings. The molecule has 1 atom stereocenters. The number of nitrogens with two attached hydrogens (primary N) is 1. The van der Waals surface area contributed by atoms with Gasteiger partial charge in [-0.05, 0) is 32.0 Å². The molecule has 14 heavy (non-hydrogen) atoms. The number of rotatable bonds is 3. The van der Waals surface area contributed by atoms with E-state index < -0.39 is 0 Å². The number of likely N-dealkylation sites (tertiary alicyclic amines) is 1. The van der Waals surface area contributed by atoms with Crippen LogP contribution in [0.1, 0.15) is 23.6 Å². The number of aryl methyl sites for hydroxylation is 1. The summed E-state index contributed by atoms with van der Waals surface area (Å²) < 4.78 is 0. The van der Waals surface area contributed by atoms with E-state index in [1.807, 2.05) is 0 Å². The first kappa shape index (κ1) is 9.69. The van der Waals surface area contributed by atoms with E-state index in [-0.39, 0.29) is 6.04 Å². The Morgan fingerprint density at radius 2 is 1.93 bits per heavy atom. The summed E-state index contributed by atoms with van der Waals surface area (Å²) in [6.45, 7) is 5.55. The van der Waals surface area contributed by atoms with Crippen molar-refractivity contribution in [2.45, 2.75) is 19.4 Å². The Kier molecular flexibility index (Phi) is 2.85. The van der Waals surface area contributed by atoms with E-state index in [2.05, 4.69) is 36.1 Å². The first-order chi connectivity index (χ1) is 6.75. The number of nitrogens with zero attached hydrogens (tertiary/aromatic N) is 1. The standard InChI is InChI=1S/C12H18N2/c1-10-3-5-11(6-4-10)12(13)9-14-7-2-8-14/h3-6,12H,2,7-9,13H2,1H3. The second kappa shape index (κ2) is 4.11. The van der Waals surface area contributed by atoms with Crippen LogP contribution >= 0.6 is 0 Å². The molecule has 0 amide bonds. The van der Waals surface area contributed by atoms with Crippen molar-refractivity contribution in [3.8, 4) is 0 Å². The van der Waals surface area contributed by atoms with Crippen molar-refractivity contribution in [2.75, 3.05) is 19.6 Å². The van der Waals surface area contributed by atoms with Crippen molar-refractivity contribution in [3.63, 3.8) is 0 Å². The van der Waals surface area contributed by atoms with Crippen LogP contribution in [0, 0.1) is 6.92 Å². The first-order valence-corrected chi connectivity index (χ1v) is 5.30. The molecule has 1 aliphatic heterocycles. The maximum atomic E-state index is 6.11. The molecular formula is C12H18N2.